The van der Waals surface area contributed by atoms with Crippen LogP contribution in [0.25, 0.3) is 0 Å². The van der Waals surface area contributed by atoms with Crippen molar-refractivity contribution in [3.63, 3.8) is 0 Å². The molecule has 0 saturated carbocycles. The normalized spacial score (nSPS) is 13.3. The molecule has 3 N–H and O–H groups in total. The zero-order valence-corrected chi connectivity index (χ0v) is 34.4. The van der Waals surface area contributed by atoms with Gasteiger partial charge in [0.1, 0.15) is 0 Å². The molecule has 300 valence electrons. The summed E-state index contributed by atoms with van der Waals surface area (Å²) in [7, 11) is 0. The molecule has 0 saturated heterocycles. The minimum atomic E-state index is -0.867. The predicted octanol–water partition coefficient (Wildman–Crippen LogP) is 14.2. The number of hydrogen-bond donors (Lipinski definition) is 3. The standard InChI is InChI=1S/C47H89NO3/c1-3-5-7-9-11-13-15-17-19-20-21-22-23-24-25-26-27-29-30-32-34-36-38-40-42-46(50)45(44-49)48-47(51)43-41-39-37-35-33-31-28-18-16-14-12-10-8-6-4-2/h26-27,32,34,40,42,45-46,49-50H,3-25,28-31,33,35-39,41,43-44H2,1-2H3,(H,48,51)/b27-26+,34-32+,42-40+. The van der Waals surface area contributed by atoms with Crippen LogP contribution < -0.4 is 5.32 Å². The molecule has 4 heteroatoms. The minimum Gasteiger partial charge on any atom is -0.394 e. The second-order valence-electron chi connectivity index (χ2n) is 15.5. The first kappa shape index (κ1) is 49.6. The van der Waals surface area contributed by atoms with E-state index in [1.54, 1.807) is 6.08 Å². The molecule has 0 radical (unpaired) electrons. The number of carbonyl (C=O) groups is 1. The molecule has 0 aliphatic carbocycles. The van der Waals surface area contributed by atoms with E-state index < -0.39 is 12.1 Å². The van der Waals surface area contributed by atoms with Crippen LogP contribution in [0.1, 0.15) is 239 Å². The number of allylic oxidation sites excluding steroid dienone is 5. The van der Waals surface area contributed by atoms with Gasteiger partial charge < -0.3 is 15.5 Å². The number of aliphatic hydroxyl groups excluding tert-OH is 2. The Morgan fingerprint density at radius 3 is 1.14 bits per heavy atom. The van der Waals surface area contributed by atoms with E-state index in [1.807, 2.05) is 6.08 Å². The summed E-state index contributed by atoms with van der Waals surface area (Å²) in [6, 6.07) is -0.642. The van der Waals surface area contributed by atoms with E-state index in [-0.39, 0.29) is 12.5 Å². The van der Waals surface area contributed by atoms with Crippen LogP contribution in [-0.4, -0.2) is 34.9 Å². The number of aliphatic hydroxyl groups is 2. The van der Waals surface area contributed by atoms with Gasteiger partial charge in [0.05, 0.1) is 18.8 Å². The van der Waals surface area contributed by atoms with Crippen molar-refractivity contribution in [3.05, 3.63) is 36.5 Å². The topological polar surface area (TPSA) is 69.6 Å². The van der Waals surface area contributed by atoms with Crippen LogP contribution in [-0.2, 0) is 4.79 Å². The maximum Gasteiger partial charge on any atom is 0.220 e. The number of rotatable bonds is 41. The summed E-state index contributed by atoms with van der Waals surface area (Å²) >= 11 is 0. The predicted molar refractivity (Wildman–Crippen MR) is 225 cm³/mol. The molecule has 0 aliphatic rings. The SMILES string of the molecule is CCCCCCCCCCCCCCCC/C=C/CC/C=C/CC/C=C/C(O)C(CO)NC(=O)CCCCCCCCCCCCCCCCC. The van der Waals surface area contributed by atoms with Gasteiger partial charge in [-0.05, 0) is 44.9 Å². The fraction of sp³-hybridized carbons (Fsp3) is 0.851. The molecule has 51 heavy (non-hydrogen) atoms. The molecule has 0 aromatic heterocycles. The van der Waals surface area contributed by atoms with Gasteiger partial charge in [-0.3, -0.25) is 4.79 Å². The van der Waals surface area contributed by atoms with Gasteiger partial charge >= 0.3 is 0 Å². The fourth-order valence-corrected chi connectivity index (χ4v) is 6.86. The van der Waals surface area contributed by atoms with Crippen molar-refractivity contribution in [1.82, 2.24) is 5.32 Å². The molecule has 0 aromatic carbocycles. The highest BCUT2D eigenvalue weighted by Gasteiger charge is 2.17. The first-order chi connectivity index (χ1) is 25.2. The summed E-state index contributed by atoms with van der Waals surface area (Å²) in [6.45, 7) is 4.30. The zero-order valence-electron chi connectivity index (χ0n) is 34.4. The lowest BCUT2D eigenvalue weighted by Crippen LogP contribution is -2.45. The van der Waals surface area contributed by atoms with Crippen LogP contribution in [0.15, 0.2) is 36.5 Å². The molecule has 0 aliphatic heterocycles. The molecule has 0 heterocycles. The molecule has 1 amide bonds. The lowest BCUT2D eigenvalue weighted by Gasteiger charge is -2.19. The summed E-state index contributed by atoms with van der Waals surface area (Å²) in [5.41, 5.74) is 0. The Morgan fingerprint density at radius 1 is 0.451 bits per heavy atom. The molecule has 2 unspecified atom stereocenters. The van der Waals surface area contributed by atoms with Crippen molar-refractivity contribution in [2.24, 2.45) is 0 Å². The lowest BCUT2D eigenvalue weighted by molar-refractivity contribution is -0.123. The number of nitrogens with one attached hydrogen (secondary N) is 1. The van der Waals surface area contributed by atoms with Gasteiger partial charge in [0, 0.05) is 6.42 Å². The van der Waals surface area contributed by atoms with Gasteiger partial charge in [-0.15, -0.1) is 0 Å². The monoisotopic (exact) mass is 716 g/mol. The van der Waals surface area contributed by atoms with Crippen LogP contribution in [0.4, 0.5) is 0 Å². The molecular weight excluding hydrogens is 627 g/mol. The maximum absolute atomic E-state index is 12.4. The molecule has 0 fully saturated rings. The summed E-state index contributed by atoms with van der Waals surface area (Å²) in [5, 5.41) is 23.0. The minimum absolute atomic E-state index is 0.0761. The summed E-state index contributed by atoms with van der Waals surface area (Å²) in [6.07, 6.45) is 56.9. The molecule has 0 bridgehead atoms. The van der Waals surface area contributed by atoms with Gasteiger partial charge in [-0.1, -0.05) is 224 Å². The third-order valence-electron chi connectivity index (χ3n) is 10.4. The van der Waals surface area contributed by atoms with E-state index in [4.69, 9.17) is 0 Å². The summed E-state index contributed by atoms with van der Waals surface area (Å²) in [4.78, 5) is 12.4. The van der Waals surface area contributed by atoms with E-state index in [0.29, 0.717) is 6.42 Å². The Kier molecular flexibility index (Phi) is 41.8. The van der Waals surface area contributed by atoms with Crippen molar-refractivity contribution >= 4 is 5.91 Å². The Bertz CT molecular complexity index is 775. The third-order valence-corrected chi connectivity index (χ3v) is 10.4. The molecule has 4 nitrogen and oxygen atoms in total. The largest absolute Gasteiger partial charge is 0.394 e. The van der Waals surface area contributed by atoms with Gasteiger partial charge in [0.2, 0.25) is 5.91 Å². The van der Waals surface area contributed by atoms with Crippen molar-refractivity contribution < 1.29 is 15.0 Å². The Morgan fingerprint density at radius 2 is 0.765 bits per heavy atom. The van der Waals surface area contributed by atoms with E-state index in [2.05, 4.69) is 43.5 Å². The number of carbonyl (C=O) groups excluding carboxylic acids is 1. The Balaban J connectivity index is 3.61. The second kappa shape index (κ2) is 43.0. The Labute approximate surface area is 319 Å². The van der Waals surface area contributed by atoms with E-state index in [9.17, 15) is 15.0 Å². The van der Waals surface area contributed by atoms with Crippen LogP contribution in [0.2, 0.25) is 0 Å². The highest BCUT2D eigenvalue weighted by atomic mass is 16.3. The third kappa shape index (κ3) is 39.6. The van der Waals surface area contributed by atoms with Crippen molar-refractivity contribution in [2.75, 3.05) is 6.61 Å². The van der Waals surface area contributed by atoms with Crippen molar-refractivity contribution in [1.29, 1.82) is 0 Å². The van der Waals surface area contributed by atoms with Crippen LogP contribution in [0.5, 0.6) is 0 Å². The average molecular weight is 716 g/mol. The van der Waals surface area contributed by atoms with Gasteiger partial charge in [0.25, 0.3) is 0 Å². The van der Waals surface area contributed by atoms with Crippen LogP contribution in [0.3, 0.4) is 0 Å². The van der Waals surface area contributed by atoms with Gasteiger partial charge in [-0.2, -0.15) is 0 Å². The fourth-order valence-electron chi connectivity index (χ4n) is 6.86. The molecule has 0 spiro atoms. The van der Waals surface area contributed by atoms with E-state index in [1.165, 1.54) is 180 Å². The zero-order chi connectivity index (χ0) is 37.1. The van der Waals surface area contributed by atoms with Gasteiger partial charge in [0.15, 0.2) is 0 Å². The maximum atomic E-state index is 12.4. The molecule has 0 aromatic rings. The average Bonchev–Trinajstić information content (AvgIpc) is 3.13. The quantitative estimate of drug-likeness (QED) is 0.0436. The smallest absolute Gasteiger partial charge is 0.220 e. The summed E-state index contributed by atoms with van der Waals surface area (Å²) < 4.78 is 0. The highest BCUT2D eigenvalue weighted by molar-refractivity contribution is 5.76. The van der Waals surface area contributed by atoms with Crippen molar-refractivity contribution in [3.8, 4) is 0 Å². The number of amides is 1. The Hall–Kier alpha value is -1.39. The van der Waals surface area contributed by atoms with E-state index in [0.717, 1.165) is 38.5 Å². The lowest BCUT2D eigenvalue weighted by atomic mass is 10.0. The van der Waals surface area contributed by atoms with E-state index >= 15 is 0 Å². The van der Waals surface area contributed by atoms with Crippen molar-refractivity contribution in [2.45, 2.75) is 251 Å². The molecular formula is C47H89NO3. The molecule has 0 rings (SSSR count). The van der Waals surface area contributed by atoms with Crippen LogP contribution in [0, 0.1) is 0 Å². The first-order valence-electron chi connectivity index (χ1n) is 22.7. The number of unbranched alkanes of at least 4 members (excludes halogenated alkanes) is 30. The van der Waals surface area contributed by atoms with Crippen LogP contribution >= 0.6 is 0 Å². The summed E-state index contributed by atoms with van der Waals surface area (Å²) in [5.74, 6) is -0.0761. The second-order valence-corrected chi connectivity index (χ2v) is 15.5. The highest BCUT2D eigenvalue weighted by Crippen LogP contribution is 2.15. The van der Waals surface area contributed by atoms with Gasteiger partial charge in [-0.25, -0.2) is 0 Å². The first-order valence-corrected chi connectivity index (χ1v) is 22.7. The number of hydrogen-bond acceptors (Lipinski definition) is 3. The molecule has 2 atom stereocenters.